The van der Waals surface area contributed by atoms with Gasteiger partial charge in [0.1, 0.15) is 6.10 Å². The summed E-state index contributed by atoms with van der Waals surface area (Å²) in [6.45, 7) is 6.09. The maximum Gasteiger partial charge on any atom is 0.221 e. The Bertz CT molecular complexity index is 230. The lowest BCUT2D eigenvalue weighted by Crippen LogP contribution is -2.10. The van der Waals surface area contributed by atoms with Crippen LogP contribution in [0.4, 0.5) is 0 Å². The van der Waals surface area contributed by atoms with Crippen molar-refractivity contribution in [2.75, 3.05) is 0 Å². The molecule has 0 saturated carbocycles. The molecule has 0 spiro atoms. The highest BCUT2D eigenvalue weighted by molar-refractivity contribution is 4.88. The SMILES string of the molecule is [CH2+][C@@H]1O[C@@H]1C[C@H](O)CCCCCCCCCCCCCC. The minimum Gasteiger partial charge on any atom is -0.393 e. The number of epoxide rings is 1. The highest BCUT2D eigenvalue weighted by Gasteiger charge is 2.42. The van der Waals surface area contributed by atoms with Crippen molar-refractivity contribution in [3.8, 4) is 0 Å². The van der Waals surface area contributed by atoms with E-state index < -0.39 is 0 Å². The molecular formula is C19H37O2+. The van der Waals surface area contributed by atoms with Crippen LogP contribution in [0.3, 0.4) is 0 Å². The first-order valence-corrected chi connectivity index (χ1v) is 9.40. The number of hydrogen-bond donors (Lipinski definition) is 1. The summed E-state index contributed by atoms with van der Waals surface area (Å²) in [4.78, 5) is 0. The van der Waals surface area contributed by atoms with Crippen molar-refractivity contribution >= 4 is 0 Å². The number of unbranched alkanes of at least 4 members (excludes halogenated alkanes) is 11. The molecule has 1 aliphatic rings. The molecule has 0 aliphatic carbocycles. The van der Waals surface area contributed by atoms with Gasteiger partial charge in [0.05, 0.1) is 13.0 Å². The molecule has 1 aliphatic heterocycles. The van der Waals surface area contributed by atoms with Crippen LogP contribution in [0, 0.1) is 6.92 Å². The van der Waals surface area contributed by atoms with Gasteiger partial charge in [-0.15, -0.1) is 0 Å². The fraction of sp³-hybridized carbons (Fsp3) is 0.947. The Morgan fingerprint density at radius 3 is 1.71 bits per heavy atom. The average molecular weight is 298 g/mol. The maximum absolute atomic E-state index is 9.83. The second kappa shape index (κ2) is 12.3. The van der Waals surface area contributed by atoms with Crippen molar-refractivity contribution in [2.45, 2.75) is 115 Å². The van der Waals surface area contributed by atoms with Gasteiger partial charge in [-0.05, 0) is 6.42 Å². The highest BCUT2D eigenvalue weighted by atomic mass is 16.6. The molecule has 1 heterocycles. The van der Waals surface area contributed by atoms with Crippen LogP contribution in [0.1, 0.15) is 96.8 Å². The van der Waals surface area contributed by atoms with E-state index in [-0.39, 0.29) is 18.3 Å². The highest BCUT2D eigenvalue weighted by Crippen LogP contribution is 2.26. The van der Waals surface area contributed by atoms with E-state index in [1.807, 2.05) is 0 Å². The molecule has 2 heteroatoms. The Kier molecular flexibility index (Phi) is 11.1. The zero-order valence-corrected chi connectivity index (χ0v) is 14.2. The third-order valence-electron chi connectivity index (χ3n) is 4.58. The van der Waals surface area contributed by atoms with Gasteiger partial charge >= 0.3 is 0 Å². The third kappa shape index (κ3) is 11.1. The van der Waals surface area contributed by atoms with E-state index in [9.17, 15) is 5.11 Å². The monoisotopic (exact) mass is 297 g/mol. The number of ether oxygens (including phenoxy) is 1. The molecule has 3 atom stereocenters. The predicted molar refractivity (Wildman–Crippen MR) is 90.3 cm³/mol. The lowest BCUT2D eigenvalue weighted by atomic mass is 10.0. The van der Waals surface area contributed by atoms with E-state index in [4.69, 9.17) is 4.74 Å². The van der Waals surface area contributed by atoms with Crippen LogP contribution in [-0.4, -0.2) is 23.4 Å². The first-order chi connectivity index (χ1) is 10.2. The topological polar surface area (TPSA) is 32.8 Å². The molecule has 0 bridgehead atoms. The van der Waals surface area contributed by atoms with Crippen molar-refractivity contribution in [1.82, 2.24) is 0 Å². The predicted octanol–water partition coefficient (Wildman–Crippen LogP) is 5.43. The van der Waals surface area contributed by atoms with Crippen LogP contribution < -0.4 is 0 Å². The Labute approximate surface area is 132 Å². The molecule has 1 saturated heterocycles. The third-order valence-corrected chi connectivity index (χ3v) is 4.58. The van der Waals surface area contributed by atoms with Crippen LogP contribution in [0.15, 0.2) is 0 Å². The van der Waals surface area contributed by atoms with E-state index in [1.54, 1.807) is 0 Å². The minimum atomic E-state index is -0.176. The normalized spacial score (nSPS) is 22.4. The minimum absolute atomic E-state index is 0.140. The molecule has 0 aromatic heterocycles. The standard InChI is InChI=1S/C19H37O2/c1-3-4-5-6-7-8-9-10-11-12-13-14-15-18(20)16-19-17(2)21-19/h17-20H,2-16H2,1H3/q+1/t17-,18+,19+/m0/s1. The molecule has 0 radical (unpaired) electrons. The molecule has 1 N–H and O–H groups in total. The van der Waals surface area contributed by atoms with Gasteiger partial charge in [0.2, 0.25) is 6.10 Å². The molecule has 124 valence electrons. The van der Waals surface area contributed by atoms with Gasteiger partial charge in [-0.2, -0.15) is 0 Å². The Balaban J connectivity index is 1.70. The summed E-state index contributed by atoms with van der Waals surface area (Å²) >= 11 is 0. The average Bonchev–Trinajstić information content (AvgIpc) is 3.15. The summed E-state index contributed by atoms with van der Waals surface area (Å²) in [5.74, 6) is 0. The van der Waals surface area contributed by atoms with Crippen LogP contribution in [0.5, 0.6) is 0 Å². The van der Waals surface area contributed by atoms with E-state index in [0.717, 1.165) is 19.3 Å². The second-order valence-electron chi connectivity index (χ2n) is 6.78. The number of rotatable bonds is 15. The quantitative estimate of drug-likeness (QED) is 0.248. The molecule has 0 aromatic rings. The van der Waals surface area contributed by atoms with Crippen LogP contribution in [-0.2, 0) is 4.74 Å². The van der Waals surface area contributed by atoms with Gasteiger partial charge in [0.15, 0.2) is 0 Å². The Morgan fingerprint density at radius 2 is 1.29 bits per heavy atom. The molecule has 0 unspecified atom stereocenters. The Morgan fingerprint density at radius 1 is 0.857 bits per heavy atom. The van der Waals surface area contributed by atoms with Crippen LogP contribution in [0.2, 0.25) is 0 Å². The van der Waals surface area contributed by atoms with E-state index in [1.165, 1.54) is 70.6 Å². The van der Waals surface area contributed by atoms with E-state index >= 15 is 0 Å². The van der Waals surface area contributed by atoms with Gasteiger partial charge < -0.3 is 9.84 Å². The van der Waals surface area contributed by atoms with E-state index in [2.05, 4.69) is 13.8 Å². The lowest BCUT2D eigenvalue weighted by molar-refractivity contribution is 0.139. The molecular weight excluding hydrogens is 260 g/mol. The molecule has 0 aromatic carbocycles. The van der Waals surface area contributed by atoms with Gasteiger partial charge in [-0.25, -0.2) is 0 Å². The number of aliphatic hydroxyl groups excluding tert-OH is 1. The summed E-state index contributed by atoms with van der Waals surface area (Å²) < 4.78 is 5.23. The number of hydrogen-bond acceptors (Lipinski definition) is 2. The molecule has 2 nitrogen and oxygen atoms in total. The molecule has 21 heavy (non-hydrogen) atoms. The van der Waals surface area contributed by atoms with Crippen molar-refractivity contribution < 1.29 is 9.84 Å². The zero-order chi connectivity index (χ0) is 15.3. The van der Waals surface area contributed by atoms with Crippen LogP contribution >= 0.6 is 0 Å². The van der Waals surface area contributed by atoms with Gasteiger partial charge in [0, 0.05) is 6.42 Å². The fourth-order valence-electron chi connectivity index (χ4n) is 2.99. The largest absolute Gasteiger partial charge is 0.393 e. The lowest BCUT2D eigenvalue weighted by Gasteiger charge is -2.08. The van der Waals surface area contributed by atoms with E-state index in [0.29, 0.717) is 0 Å². The first-order valence-electron chi connectivity index (χ1n) is 9.40. The Hall–Kier alpha value is -0.210. The van der Waals surface area contributed by atoms with Crippen molar-refractivity contribution in [3.05, 3.63) is 6.92 Å². The van der Waals surface area contributed by atoms with Gasteiger partial charge in [-0.1, -0.05) is 84.0 Å². The summed E-state index contributed by atoms with van der Waals surface area (Å²) in [5, 5.41) is 9.83. The first kappa shape index (κ1) is 18.8. The summed E-state index contributed by atoms with van der Waals surface area (Å²) in [5.41, 5.74) is 0. The van der Waals surface area contributed by atoms with Gasteiger partial charge in [-0.3, -0.25) is 0 Å². The van der Waals surface area contributed by atoms with Crippen molar-refractivity contribution in [3.63, 3.8) is 0 Å². The second-order valence-corrected chi connectivity index (χ2v) is 6.78. The zero-order valence-electron chi connectivity index (χ0n) is 14.2. The summed E-state index contributed by atoms with van der Waals surface area (Å²) in [7, 11) is 0. The molecule has 1 fully saturated rings. The summed E-state index contributed by atoms with van der Waals surface area (Å²) in [6.07, 6.45) is 18.3. The van der Waals surface area contributed by atoms with Gasteiger partial charge in [0.25, 0.3) is 0 Å². The van der Waals surface area contributed by atoms with Crippen molar-refractivity contribution in [2.24, 2.45) is 0 Å². The van der Waals surface area contributed by atoms with Crippen LogP contribution in [0.25, 0.3) is 0 Å². The number of aliphatic hydroxyl groups is 1. The fourth-order valence-corrected chi connectivity index (χ4v) is 2.99. The smallest absolute Gasteiger partial charge is 0.221 e. The van der Waals surface area contributed by atoms with Crippen molar-refractivity contribution in [1.29, 1.82) is 0 Å². The molecule has 0 amide bonds. The molecule has 1 rings (SSSR count). The summed E-state index contributed by atoms with van der Waals surface area (Å²) in [6, 6.07) is 0. The maximum atomic E-state index is 9.83.